The molecule has 5 rings (SSSR count). The van der Waals surface area contributed by atoms with Gasteiger partial charge < -0.3 is 96.4 Å². The zero-order valence-electron chi connectivity index (χ0n) is 52.6. The van der Waals surface area contributed by atoms with E-state index in [2.05, 4.69) is 58.2 Å². The molecule has 1 heterocycles. The molecular formula is C64H84N16O15. The Balaban J connectivity index is 1.32. The molecule has 31 heteroatoms. The molecule has 11 amide bonds. The van der Waals surface area contributed by atoms with E-state index in [4.69, 9.17) is 28.3 Å². The number of carbonyl (C=O) groups is 12. The number of primary amides is 2. The molecule has 95 heavy (non-hydrogen) atoms. The Morgan fingerprint density at radius 3 is 1.46 bits per heavy atom. The van der Waals surface area contributed by atoms with Gasteiger partial charge in [-0.2, -0.15) is 0 Å². The number of amides is 11. The van der Waals surface area contributed by atoms with Crippen molar-refractivity contribution in [2.24, 2.45) is 28.9 Å². The zero-order valence-corrected chi connectivity index (χ0v) is 52.6. The summed E-state index contributed by atoms with van der Waals surface area (Å²) in [5, 5.41) is 63.2. The van der Waals surface area contributed by atoms with Gasteiger partial charge in [-0.25, -0.2) is 4.79 Å². The number of phenolic OH excluding ortho intramolecular Hbond substituents is 1. The number of aliphatic hydroxyl groups excluding tert-OH is 1. The van der Waals surface area contributed by atoms with Crippen LogP contribution in [0.2, 0.25) is 0 Å². The first-order valence-electron chi connectivity index (χ1n) is 30.5. The average Bonchev–Trinajstić information content (AvgIpc) is 1.74. The van der Waals surface area contributed by atoms with Crippen molar-refractivity contribution in [1.82, 2.24) is 58.2 Å². The van der Waals surface area contributed by atoms with Crippen molar-refractivity contribution in [3.05, 3.63) is 138 Å². The van der Waals surface area contributed by atoms with E-state index in [0.29, 0.717) is 33.2 Å². The summed E-state index contributed by atoms with van der Waals surface area (Å²) >= 11 is 0. The van der Waals surface area contributed by atoms with Gasteiger partial charge in [-0.15, -0.1) is 0 Å². The predicted octanol–water partition coefficient (Wildman–Crippen LogP) is -3.01. The third kappa shape index (κ3) is 24.9. The fourth-order valence-corrected chi connectivity index (χ4v) is 9.92. The number of nitrogens with one attached hydrogen (secondary N) is 12. The normalized spacial score (nSPS) is 14.2. The number of carboxylic acid groups (broad SMARTS) is 1. The van der Waals surface area contributed by atoms with Crippen LogP contribution >= 0.6 is 0 Å². The van der Waals surface area contributed by atoms with Crippen LogP contribution in [-0.2, 0) is 83.2 Å². The maximum atomic E-state index is 14.5. The maximum Gasteiger partial charge on any atom is 0.326 e. The molecule has 0 radical (unpaired) electrons. The molecule has 0 fully saturated rings. The summed E-state index contributed by atoms with van der Waals surface area (Å²) in [4.78, 5) is 167. The van der Waals surface area contributed by atoms with E-state index >= 15 is 0 Å². The number of para-hydroxylation sites is 1. The van der Waals surface area contributed by atoms with Crippen molar-refractivity contribution in [3.8, 4) is 5.75 Å². The molecule has 0 saturated heterocycles. The molecule has 5 aromatic rings. The number of aromatic nitrogens is 1. The van der Waals surface area contributed by atoms with Crippen LogP contribution in [0.15, 0.2) is 115 Å². The van der Waals surface area contributed by atoms with E-state index in [0.717, 1.165) is 0 Å². The molecule has 0 unspecified atom stereocenters. The second-order valence-electron chi connectivity index (χ2n) is 23.1. The molecule has 0 bridgehead atoms. The van der Waals surface area contributed by atoms with Crippen molar-refractivity contribution < 1.29 is 72.9 Å². The monoisotopic (exact) mass is 1320 g/mol. The van der Waals surface area contributed by atoms with Crippen molar-refractivity contribution in [1.29, 1.82) is 5.41 Å². The number of rotatable bonds is 38. The number of phenols is 1. The molecule has 4 aromatic carbocycles. The minimum Gasteiger partial charge on any atom is -0.508 e. The van der Waals surface area contributed by atoms with Crippen molar-refractivity contribution in [3.63, 3.8) is 0 Å². The number of benzene rings is 4. The van der Waals surface area contributed by atoms with Crippen LogP contribution in [0.1, 0.15) is 75.1 Å². The SMILES string of the molecule is CC(C)C[C@H](NC(=O)[C@H](C)NC(=O)[C@H](Cc1ccccc1)NC(=O)[C@H](CO)NC(=O)[C@H](CC(N)=O)NC(=O)[C@H](Cc1c[nH]c2ccccc12)NC(=O)[C@H](CC(N)=O)NC(=O)[C@@H](N)Cc1ccc(O)cc1)C(=O)N[C@@H](CCCNC(=N)N)C(=O)N[C@@H](Cc1ccccc1)C(=O)O. The Morgan fingerprint density at radius 2 is 0.916 bits per heavy atom. The topological polar surface area (TPSA) is 530 Å². The number of carbonyl (C=O) groups excluding carboxylic acids is 11. The third-order valence-corrected chi connectivity index (χ3v) is 14.9. The summed E-state index contributed by atoms with van der Waals surface area (Å²) in [5.41, 5.74) is 25.4. The number of carboxylic acids is 1. The van der Waals surface area contributed by atoms with Crippen LogP contribution in [0.3, 0.4) is 0 Å². The van der Waals surface area contributed by atoms with Crippen LogP contribution in [0.25, 0.3) is 10.9 Å². The largest absolute Gasteiger partial charge is 0.508 e. The Bertz CT molecular complexity index is 3500. The molecule has 0 aliphatic carbocycles. The lowest BCUT2D eigenvalue weighted by molar-refractivity contribution is -0.142. The molecule has 23 N–H and O–H groups in total. The van der Waals surface area contributed by atoms with Gasteiger partial charge >= 0.3 is 5.97 Å². The van der Waals surface area contributed by atoms with Crippen LogP contribution in [-0.4, -0.2) is 171 Å². The van der Waals surface area contributed by atoms with Gasteiger partial charge in [0.05, 0.1) is 25.5 Å². The molecule has 1 aromatic heterocycles. The number of H-pyrrole nitrogens is 1. The molecule has 0 aliphatic heterocycles. The summed E-state index contributed by atoms with van der Waals surface area (Å²) in [6.07, 6.45) is -0.714. The fourth-order valence-electron chi connectivity index (χ4n) is 9.92. The molecule has 510 valence electrons. The lowest BCUT2D eigenvalue weighted by Crippen LogP contribution is -2.61. The highest BCUT2D eigenvalue weighted by Crippen LogP contribution is 2.20. The number of aromatic amines is 1. The molecule has 0 aliphatic rings. The second-order valence-corrected chi connectivity index (χ2v) is 23.1. The second kappa shape index (κ2) is 36.9. The van der Waals surface area contributed by atoms with E-state index in [1.54, 1.807) is 105 Å². The Kier molecular flexibility index (Phi) is 29.1. The van der Waals surface area contributed by atoms with Gasteiger partial charge in [-0.1, -0.05) is 105 Å². The minimum atomic E-state index is -1.92. The first kappa shape index (κ1) is 74.8. The first-order chi connectivity index (χ1) is 45.1. The molecule has 10 atom stereocenters. The molecule has 0 spiro atoms. The number of hydrogen-bond acceptors (Lipinski definition) is 16. The Hall–Kier alpha value is -11.0. The smallest absolute Gasteiger partial charge is 0.326 e. The lowest BCUT2D eigenvalue weighted by Gasteiger charge is -2.27. The summed E-state index contributed by atoms with van der Waals surface area (Å²) in [5.74, 6) is -13.2. The van der Waals surface area contributed by atoms with Gasteiger partial charge in [0.1, 0.15) is 60.1 Å². The summed E-state index contributed by atoms with van der Waals surface area (Å²) in [7, 11) is 0. The molecule has 31 nitrogen and oxygen atoms in total. The van der Waals surface area contributed by atoms with Crippen LogP contribution in [0.4, 0.5) is 0 Å². The highest BCUT2D eigenvalue weighted by Gasteiger charge is 2.36. The number of aliphatic hydroxyl groups is 1. The highest BCUT2D eigenvalue weighted by molar-refractivity contribution is 6.00. The van der Waals surface area contributed by atoms with Gasteiger partial charge in [-0.3, -0.25) is 58.1 Å². The molecule has 0 saturated carbocycles. The van der Waals surface area contributed by atoms with Crippen LogP contribution < -0.4 is 76.1 Å². The summed E-state index contributed by atoms with van der Waals surface area (Å²) in [6, 6.07) is 13.9. The van der Waals surface area contributed by atoms with E-state index in [1.165, 1.54) is 31.2 Å². The third-order valence-electron chi connectivity index (χ3n) is 14.9. The van der Waals surface area contributed by atoms with Gasteiger partial charge in [0.25, 0.3) is 0 Å². The number of hydrogen-bond donors (Lipinski definition) is 19. The van der Waals surface area contributed by atoms with Crippen molar-refractivity contribution in [2.45, 2.75) is 139 Å². The van der Waals surface area contributed by atoms with Crippen LogP contribution in [0, 0.1) is 11.3 Å². The van der Waals surface area contributed by atoms with Crippen molar-refractivity contribution >= 4 is 87.8 Å². The minimum absolute atomic E-state index is 0.0121. The first-order valence-corrected chi connectivity index (χ1v) is 30.5. The van der Waals surface area contributed by atoms with E-state index in [9.17, 15) is 72.9 Å². The number of fused-ring (bicyclic) bond motifs is 1. The van der Waals surface area contributed by atoms with E-state index in [1.807, 2.05) is 0 Å². The predicted molar refractivity (Wildman–Crippen MR) is 346 cm³/mol. The lowest BCUT2D eigenvalue weighted by atomic mass is 10.0. The van der Waals surface area contributed by atoms with Gasteiger partial charge in [0.2, 0.25) is 65.0 Å². The van der Waals surface area contributed by atoms with E-state index in [-0.39, 0.29) is 69.1 Å². The summed E-state index contributed by atoms with van der Waals surface area (Å²) in [6.45, 7) is 3.77. The Labute approximate surface area is 546 Å². The number of guanidine groups is 1. The number of aromatic hydroxyl groups is 1. The standard InChI is InChI=1S/C64H84N16O15/c1-34(2)25-45(58(89)73-44(19-12-24-70-64(68)69)56(87)79-50(63(94)95)28-37-15-8-5-9-16-37)74-54(85)35(3)72-57(88)46(27-36-13-6-4-7-14-36)76-62(93)51(33-81)80-61(92)49(31-53(67)84)78-59(90)47(29-39-32-71-43-18-11-10-17-41(39)43)77-60(91)48(30-52(66)83)75-55(86)42(65)26-38-20-22-40(82)23-21-38/h4-11,13-18,20-23,32,34-35,42,44-51,71,81-82H,12,19,24-31,33,65H2,1-3H3,(H2,66,83)(H2,67,84)(H,72,88)(H,73,89)(H,74,85)(H,75,86)(H,76,93)(H,77,91)(H,78,90)(H,79,87)(H,80,92)(H,94,95)(H4,68,69,70)/t35-,42-,44-,45-,46-,47-,48-,49-,50-,51-/m0/s1. The fraction of sp³-hybridized carbons (Fsp3) is 0.391. The van der Waals surface area contributed by atoms with Gasteiger partial charge in [0.15, 0.2) is 5.96 Å². The average molecular weight is 1320 g/mol. The van der Waals surface area contributed by atoms with Crippen LogP contribution in [0.5, 0.6) is 5.75 Å². The van der Waals surface area contributed by atoms with Crippen molar-refractivity contribution in [2.75, 3.05) is 13.2 Å². The molecular weight excluding hydrogens is 1230 g/mol. The maximum absolute atomic E-state index is 14.5. The number of aliphatic carboxylic acids is 1. The Morgan fingerprint density at radius 1 is 0.484 bits per heavy atom. The quantitative estimate of drug-likeness (QED) is 0.0106. The number of nitrogens with two attached hydrogens (primary N) is 4. The van der Waals surface area contributed by atoms with Gasteiger partial charge in [-0.05, 0) is 79.0 Å². The zero-order chi connectivity index (χ0) is 69.9. The van der Waals surface area contributed by atoms with E-state index < -0.39 is 151 Å². The summed E-state index contributed by atoms with van der Waals surface area (Å²) < 4.78 is 0. The van der Waals surface area contributed by atoms with Gasteiger partial charge in [0, 0.05) is 42.9 Å². The highest BCUT2D eigenvalue weighted by atomic mass is 16.4.